The number of phenols is 1. The fourth-order valence-electron chi connectivity index (χ4n) is 3.09. The van der Waals surface area contributed by atoms with Crippen LogP contribution in [0.25, 0.3) is 10.9 Å². The van der Waals surface area contributed by atoms with Crippen LogP contribution in [0.2, 0.25) is 0 Å². The number of aromatic nitrogens is 2. The first kappa shape index (κ1) is 16.5. The first-order valence-corrected chi connectivity index (χ1v) is 8.64. The van der Waals surface area contributed by atoms with Crippen molar-refractivity contribution in [2.24, 2.45) is 0 Å². The summed E-state index contributed by atoms with van der Waals surface area (Å²) in [4.78, 5) is 21.4. The molecule has 1 fully saturated rings. The van der Waals surface area contributed by atoms with Crippen molar-refractivity contribution in [1.82, 2.24) is 9.97 Å². The molecule has 0 aliphatic carbocycles. The quantitative estimate of drug-likeness (QED) is 0.704. The lowest BCUT2D eigenvalue weighted by Gasteiger charge is -2.23. The molecule has 26 heavy (non-hydrogen) atoms. The molecule has 1 aliphatic heterocycles. The molecule has 0 atom stereocenters. The average Bonchev–Trinajstić information content (AvgIpc) is 2.68. The highest BCUT2D eigenvalue weighted by Crippen LogP contribution is 2.26. The Morgan fingerprint density at radius 2 is 1.92 bits per heavy atom. The highest BCUT2D eigenvalue weighted by Gasteiger charge is 2.17. The number of anilines is 1. The van der Waals surface area contributed by atoms with Crippen molar-refractivity contribution in [2.45, 2.75) is 18.9 Å². The van der Waals surface area contributed by atoms with E-state index in [2.05, 4.69) is 15.3 Å². The zero-order chi connectivity index (χ0) is 17.9. The van der Waals surface area contributed by atoms with Crippen LogP contribution < -0.4 is 5.32 Å². The lowest BCUT2D eigenvalue weighted by Crippen LogP contribution is -2.28. The monoisotopic (exact) mass is 349 g/mol. The summed E-state index contributed by atoms with van der Waals surface area (Å²) >= 11 is 0. The van der Waals surface area contributed by atoms with Gasteiger partial charge in [0.05, 0.1) is 11.1 Å². The SMILES string of the molecule is O=C(c1ccccc1)c1cc2cnc(NC3CCOCC3)nc2cc1O. The maximum absolute atomic E-state index is 12.6. The molecule has 2 aromatic carbocycles. The van der Waals surface area contributed by atoms with Crippen molar-refractivity contribution in [1.29, 1.82) is 0 Å². The molecule has 0 saturated carbocycles. The average molecular weight is 349 g/mol. The topological polar surface area (TPSA) is 84.3 Å². The van der Waals surface area contributed by atoms with Crippen molar-refractivity contribution < 1.29 is 14.6 Å². The van der Waals surface area contributed by atoms with Gasteiger partial charge in [-0.25, -0.2) is 9.97 Å². The lowest BCUT2D eigenvalue weighted by atomic mass is 10.0. The first-order valence-electron chi connectivity index (χ1n) is 8.64. The summed E-state index contributed by atoms with van der Waals surface area (Å²) in [5.74, 6) is 0.211. The second-order valence-electron chi connectivity index (χ2n) is 6.35. The number of hydrogen-bond acceptors (Lipinski definition) is 6. The second-order valence-corrected chi connectivity index (χ2v) is 6.35. The summed E-state index contributed by atoms with van der Waals surface area (Å²) in [6.45, 7) is 1.47. The molecule has 2 heterocycles. The van der Waals surface area contributed by atoms with E-state index in [0.29, 0.717) is 22.4 Å². The van der Waals surface area contributed by atoms with E-state index in [0.717, 1.165) is 26.1 Å². The highest BCUT2D eigenvalue weighted by atomic mass is 16.5. The van der Waals surface area contributed by atoms with Gasteiger partial charge in [-0.1, -0.05) is 30.3 Å². The molecule has 132 valence electrons. The van der Waals surface area contributed by atoms with Crippen LogP contribution in [0.15, 0.2) is 48.7 Å². The van der Waals surface area contributed by atoms with Gasteiger partial charge in [0.2, 0.25) is 5.95 Å². The highest BCUT2D eigenvalue weighted by molar-refractivity contribution is 6.12. The van der Waals surface area contributed by atoms with Gasteiger partial charge < -0.3 is 15.2 Å². The van der Waals surface area contributed by atoms with Crippen molar-refractivity contribution >= 4 is 22.6 Å². The number of ketones is 1. The number of phenolic OH excluding ortho intramolecular Hbond substituents is 1. The Hall–Kier alpha value is -2.99. The third-order valence-corrected chi connectivity index (χ3v) is 4.53. The minimum Gasteiger partial charge on any atom is -0.507 e. The van der Waals surface area contributed by atoms with Crippen molar-refractivity contribution in [3.63, 3.8) is 0 Å². The van der Waals surface area contributed by atoms with E-state index in [4.69, 9.17) is 4.74 Å². The normalized spacial score (nSPS) is 15.1. The zero-order valence-electron chi connectivity index (χ0n) is 14.2. The Kier molecular flexibility index (Phi) is 4.50. The second kappa shape index (κ2) is 7.09. The van der Waals surface area contributed by atoms with Crippen LogP contribution in [0, 0.1) is 0 Å². The minimum absolute atomic E-state index is 0.0814. The van der Waals surface area contributed by atoms with E-state index in [1.54, 1.807) is 36.5 Å². The van der Waals surface area contributed by atoms with Crippen LogP contribution in [-0.2, 0) is 4.74 Å². The summed E-state index contributed by atoms with van der Waals surface area (Å²) < 4.78 is 5.35. The Morgan fingerprint density at radius 3 is 2.69 bits per heavy atom. The molecule has 6 heteroatoms. The Balaban J connectivity index is 1.63. The largest absolute Gasteiger partial charge is 0.507 e. The Labute approximate surface area is 150 Å². The summed E-state index contributed by atoms with van der Waals surface area (Å²) in [6.07, 6.45) is 3.50. The molecule has 3 aromatic rings. The number of fused-ring (bicyclic) bond motifs is 1. The van der Waals surface area contributed by atoms with E-state index < -0.39 is 0 Å². The number of ether oxygens (including phenoxy) is 1. The molecule has 0 bridgehead atoms. The van der Waals surface area contributed by atoms with Gasteiger partial charge in [-0.05, 0) is 18.9 Å². The number of rotatable bonds is 4. The molecular weight excluding hydrogens is 330 g/mol. The standard InChI is InChI=1S/C20H19N3O3/c24-18-11-17-14(10-16(18)19(25)13-4-2-1-3-5-13)12-21-20(23-17)22-15-6-8-26-9-7-15/h1-5,10-12,15,24H,6-9H2,(H,21,22,23). The molecule has 0 spiro atoms. The molecule has 6 nitrogen and oxygen atoms in total. The van der Waals surface area contributed by atoms with Gasteiger partial charge in [0.1, 0.15) is 5.75 Å². The van der Waals surface area contributed by atoms with Gasteiger partial charge in [-0.2, -0.15) is 0 Å². The third-order valence-electron chi connectivity index (χ3n) is 4.53. The molecule has 1 saturated heterocycles. The maximum atomic E-state index is 12.6. The van der Waals surface area contributed by atoms with Gasteiger partial charge in [0, 0.05) is 42.5 Å². The molecule has 4 rings (SSSR count). The molecule has 2 N–H and O–H groups in total. The van der Waals surface area contributed by atoms with Gasteiger partial charge in [0.25, 0.3) is 0 Å². The summed E-state index contributed by atoms with van der Waals surface area (Å²) in [5, 5.41) is 14.3. The predicted molar refractivity (Wildman–Crippen MR) is 98.5 cm³/mol. The van der Waals surface area contributed by atoms with E-state index in [1.807, 2.05) is 6.07 Å². The van der Waals surface area contributed by atoms with E-state index in [9.17, 15) is 9.90 Å². The number of carbonyl (C=O) groups is 1. The van der Waals surface area contributed by atoms with Crippen LogP contribution in [0.5, 0.6) is 5.75 Å². The number of nitrogens with one attached hydrogen (secondary N) is 1. The number of hydrogen-bond donors (Lipinski definition) is 2. The molecule has 1 aliphatic rings. The van der Waals surface area contributed by atoms with Crippen LogP contribution in [0.4, 0.5) is 5.95 Å². The molecule has 1 aromatic heterocycles. The van der Waals surface area contributed by atoms with Crippen LogP contribution in [0.3, 0.4) is 0 Å². The van der Waals surface area contributed by atoms with Crippen molar-refractivity contribution in [2.75, 3.05) is 18.5 Å². The minimum atomic E-state index is -0.227. The lowest BCUT2D eigenvalue weighted by molar-refractivity contribution is 0.0903. The van der Waals surface area contributed by atoms with Gasteiger partial charge >= 0.3 is 0 Å². The predicted octanol–water partition coefficient (Wildman–Crippen LogP) is 3.16. The molecule has 0 amide bonds. The Bertz CT molecular complexity index is 938. The summed E-state index contributed by atoms with van der Waals surface area (Å²) in [7, 11) is 0. The van der Waals surface area contributed by atoms with Crippen molar-refractivity contribution in [3.8, 4) is 5.75 Å². The fraction of sp³-hybridized carbons (Fsp3) is 0.250. The maximum Gasteiger partial charge on any atom is 0.223 e. The summed E-state index contributed by atoms with van der Waals surface area (Å²) in [6, 6.07) is 12.3. The number of aromatic hydroxyl groups is 1. The van der Waals surface area contributed by atoms with Gasteiger partial charge in [-0.15, -0.1) is 0 Å². The van der Waals surface area contributed by atoms with Crippen LogP contribution >= 0.6 is 0 Å². The van der Waals surface area contributed by atoms with Crippen LogP contribution in [-0.4, -0.2) is 40.1 Å². The van der Waals surface area contributed by atoms with E-state index in [-0.39, 0.29) is 23.1 Å². The van der Waals surface area contributed by atoms with Gasteiger partial charge in [0.15, 0.2) is 5.78 Å². The number of benzene rings is 2. The molecule has 0 radical (unpaired) electrons. The van der Waals surface area contributed by atoms with Crippen LogP contribution in [0.1, 0.15) is 28.8 Å². The summed E-state index contributed by atoms with van der Waals surface area (Å²) in [5.41, 5.74) is 1.37. The first-order chi connectivity index (χ1) is 12.7. The molecular formula is C20H19N3O3. The number of carbonyl (C=O) groups excluding carboxylic acids is 1. The Morgan fingerprint density at radius 1 is 1.15 bits per heavy atom. The van der Waals surface area contributed by atoms with Gasteiger partial charge in [-0.3, -0.25) is 4.79 Å². The van der Waals surface area contributed by atoms with Crippen molar-refractivity contribution in [3.05, 3.63) is 59.8 Å². The fourth-order valence-corrected chi connectivity index (χ4v) is 3.09. The number of nitrogens with zero attached hydrogens (tertiary/aromatic N) is 2. The smallest absolute Gasteiger partial charge is 0.223 e. The van der Waals surface area contributed by atoms with E-state index >= 15 is 0 Å². The van der Waals surface area contributed by atoms with E-state index in [1.165, 1.54) is 6.07 Å². The zero-order valence-corrected chi connectivity index (χ0v) is 14.2. The third kappa shape index (κ3) is 3.36. The molecule has 0 unspecified atom stereocenters.